The van der Waals surface area contributed by atoms with E-state index in [-0.39, 0.29) is 0 Å². The van der Waals surface area contributed by atoms with Crippen LogP contribution in [0, 0.1) is 26.7 Å². The van der Waals surface area contributed by atoms with Gasteiger partial charge in [-0.25, -0.2) is 0 Å². The largest absolute Gasteiger partial charge is 0.257 e. The third-order valence-electron chi connectivity index (χ3n) is 4.51. The number of pyridine rings is 1. The highest BCUT2D eigenvalue weighted by molar-refractivity contribution is 5.30. The molecule has 0 unspecified atom stereocenters. The normalized spacial score (nSPS) is 24.9. The SMILES string of the molecule is CCC1CCC(c2nc(C)c(C)cc2C)CC1. The van der Waals surface area contributed by atoms with E-state index in [0.717, 1.165) is 11.8 Å². The van der Waals surface area contributed by atoms with Gasteiger partial charge in [-0.1, -0.05) is 19.4 Å². The Bertz CT molecular complexity index is 387. The third-order valence-corrected chi connectivity index (χ3v) is 4.51. The first-order chi connectivity index (χ1) is 8.11. The molecular formula is C16H25N. The molecule has 2 rings (SSSR count). The summed E-state index contributed by atoms with van der Waals surface area (Å²) in [5, 5.41) is 0. The maximum atomic E-state index is 4.85. The van der Waals surface area contributed by atoms with E-state index in [9.17, 15) is 0 Å². The molecule has 1 aliphatic carbocycles. The number of aromatic nitrogens is 1. The summed E-state index contributed by atoms with van der Waals surface area (Å²) < 4.78 is 0. The number of aryl methyl sites for hydroxylation is 3. The van der Waals surface area contributed by atoms with Crippen molar-refractivity contribution in [2.75, 3.05) is 0 Å². The predicted octanol–water partition coefficient (Wildman–Crippen LogP) is 4.69. The summed E-state index contributed by atoms with van der Waals surface area (Å²) in [5.41, 5.74) is 5.31. The van der Waals surface area contributed by atoms with E-state index in [4.69, 9.17) is 4.98 Å². The highest BCUT2D eigenvalue weighted by atomic mass is 14.7. The van der Waals surface area contributed by atoms with Gasteiger partial charge in [0.2, 0.25) is 0 Å². The molecule has 0 saturated heterocycles. The minimum absolute atomic E-state index is 0.720. The minimum Gasteiger partial charge on any atom is -0.257 e. The van der Waals surface area contributed by atoms with E-state index >= 15 is 0 Å². The lowest BCUT2D eigenvalue weighted by Crippen LogP contribution is -2.15. The van der Waals surface area contributed by atoms with Crippen LogP contribution in [0.3, 0.4) is 0 Å². The zero-order valence-corrected chi connectivity index (χ0v) is 11.7. The highest BCUT2D eigenvalue weighted by Crippen LogP contribution is 2.37. The Morgan fingerprint density at radius 1 is 1.06 bits per heavy atom. The second-order valence-corrected chi connectivity index (χ2v) is 5.72. The first-order valence-corrected chi connectivity index (χ1v) is 7.06. The van der Waals surface area contributed by atoms with Gasteiger partial charge in [0, 0.05) is 17.3 Å². The van der Waals surface area contributed by atoms with E-state index in [1.165, 1.54) is 54.6 Å². The van der Waals surface area contributed by atoms with Crippen molar-refractivity contribution in [3.63, 3.8) is 0 Å². The topological polar surface area (TPSA) is 12.9 Å². The highest BCUT2D eigenvalue weighted by Gasteiger charge is 2.23. The molecule has 0 radical (unpaired) electrons. The Balaban J connectivity index is 2.16. The zero-order chi connectivity index (χ0) is 12.4. The van der Waals surface area contributed by atoms with Crippen molar-refractivity contribution < 1.29 is 0 Å². The van der Waals surface area contributed by atoms with Crippen LogP contribution in [0.4, 0.5) is 0 Å². The van der Waals surface area contributed by atoms with Crippen molar-refractivity contribution in [3.05, 3.63) is 28.6 Å². The van der Waals surface area contributed by atoms with Crippen LogP contribution in [0.2, 0.25) is 0 Å². The molecule has 0 bridgehead atoms. The fraction of sp³-hybridized carbons (Fsp3) is 0.688. The van der Waals surface area contributed by atoms with E-state index < -0.39 is 0 Å². The zero-order valence-electron chi connectivity index (χ0n) is 11.7. The van der Waals surface area contributed by atoms with Gasteiger partial charge in [0.1, 0.15) is 0 Å². The lowest BCUT2D eigenvalue weighted by atomic mass is 9.78. The summed E-state index contributed by atoms with van der Waals surface area (Å²) in [6.45, 7) is 8.84. The van der Waals surface area contributed by atoms with Crippen molar-refractivity contribution in [3.8, 4) is 0 Å². The van der Waals surface area contributed by atoms with Crippen LogP contribution in [-0.4, -0.2) is 4.98 Å². The van der Waals surface area contributed by atoms with Crippen LogP contribution in [0.5, 0.6) is 0 Å². The Hall–Kier alpha value is -0.850. The third kappa shape index (κ3) is 2.70. The Morgan fingerprint density at radius 2 is 1.71 bits per heavy atom. The van der Waals surface area contributed by atoms with Crippen molar-refractivity contribution >= 4 is 0 Å². The molecule has 1 saturated carbocycles. The van der Waals surface area contributed by atoms with Crippen molar-refractivity contribution in [2.45, 2.75) is 65.7 Å². The Labute approximate surface area is 106 Å². The first-order valence-electron chi connectivity index (χ1n) is 7.06. The summed E-state index contributed by atoms with van der Waals surface area (Å²) >= 11 is 0. The minimum atomic E-state index is 0.720. The number of hydrogen-bond donors (Lipinski definition) is 0. The van der Waals surface area contributed by atoms with Gasteiger partial charge in [0.05, 0.1) is 0 Å². The fourth-order valence-electron chi connectivity index (χ4n) is 3.12. The van der Waals surface area contributed by atoms with Crippen LogP contribution in [0.25, 0.3) is 0 Å². The summed E-state index contributed by atoms with van der Waals surface area (Å²) in [4.78, 5) is 4.85. The number of nitrogens with zero attached hydrogens (tertiary/aromatic N) is 1. The van der Waals surface area contributed by atoms with Crippen molar-refractivity contribution in [1.29, 1.82) is 0 Å². The summed E-state index contributed by atoms with van der Waals surface area (Å²) in [5.74, 6) is 1.69. The molecule has 0 atom stereocenters. The van der Waals surface area contributed by atoms with Crippen LogP contribution in [-0.2, 0) is 0 Å². The summed E-state index contributed by atoms with van der Waals surface area (Å²) in [6.07, 6.45) is 6.83. The molecule has 1 fully saturated rings. The number of hydrogen-bond acceptors (Lipinski definition) is 1. The maximum absolute atomic E-state index is 4.85. The molecule has 94 valence electrons. The monoisotopic (exact) mass is 231 g/mol. The van der Waals surface area contributed by atoms with Gasteiger partial charge in [-0.05, 0) is 63.5 Å². The van der Waals surface area contributed by atoms with Gasteiger partial charge >= 0.3 is 0 Å². The fourth-order valence-corrected chi connectivity index (χ4v) is 3.12. The first kappa shape index (κ1) is 12.6. The Morgan fingerprint density at radius 3 is 2.29 bits per heavy atom. The van der Waals surface area contributed by atoms with Gasteiger partial charge in [-0.3, -0.25) is 4.98 Å². The molecule has 17 heavy (non-hydrogen) atoms. The van der Waals surface area contributed by atoms with Gasteiger partial charge in [0.25, 0.3) is 0 Å². The molecular weight excluding hydrogens is 206 g/mol. The van der Waals surface area contributed by atoms with Crippen LogP contribution in [0.1, 0.15) is 67.5 Å². The van der Waals surface area contributed by atoms with Crippen molar-refractivity contribution in [2.24, 2.45) is 5.92 Å². The quantitative estimate of drug-likeness (QED) is 0.719. The van der Waals surface area contributed by atoms with Gasteiger partial charge in [-0.2, -0.15) is 0 Å². The molecule has 0 spiro atoms. The van der Waals surface area contributed by atoms with Gasteiger partial charge < -0.3 is 0 Å². The van der Waals surface area contributed by atoms with Crippen LogP contribution >= 0.6 is 0 Å². The van der Waals surface area contributed by atoms with Gasteiger partial charge in [0.15, 0.2) is 0 Å². The lowest BCUT2D eigenvalue weighted by Gasteiger charge is -2.28. The second kappa shape index (κ2) is 5.20. The van der Waals surface area contributed by atoms with E-state index in [2.05, 4.69) is 33.8 Å². The predicted molar refractivity (Wildman–Crippen MR) is 73.4 cm³/mol. The molecule has 1 aromatic heterocycles. The molecule has 1 heteroatoms. The standard InChI is InChI=1S/C16H25N/c1-5-14-6-8-15(9-7-14)16-12(3)10-11(2)13(4)17-16/h10,14-15H,5-9H2,1-4H3. The molecule has 1 heterocycles. The van der Waals surface area contributed by atoms with E-state index in [1.807, 2.05) is 0 Å². The van der Waals surface area contributed by atoms with Crippen LogP contribution < -0.4 is 0 Å². The summed E-state index contributed by atoms with van der Waals surface area (Å²) in [6, 6.07) is 2.31. The molecule has 0 aromatic carbocycles. The molecule has 0 N–H and O–H groups in total. The Kier molecular flexibility index (Phi) is 3.86. The van der Waals surface area contributed by atoms with Crippen molar-refractivity contribution in [1.82, 2.24) is 4.98 Å². The molecule has 0 aliphatic heterocycles. The molecule has 1 nitrogen and oxygen atoms in total. The van der Waals surface area contributed by atoms with Gasteiger partial charge in [-0.15, -0.1) is 0 Å². The molecule has 1 aromatic rings. The number of rotatable bonds is 2. The van der Waals surface area contributed by atoms with Crippen LogP contribution in [0.15, 0.2) is 6.07 Å². The van der Waals surface area contributed by atoms with E-state index in [0.29, 0.717) is 0 Å². The maximum Gasteiger partial charge on any atom is 0.0467 e. The lowest BCUT2D eigenvalue weighted by molar-refractivity contribution is 0.315. The average molecular weight is 231 g/mol. The summed E-state index contributed by atoms with van der Waals surface area (Å²) in [7, 11) is 0. The molecule has 0 amide bonds. The smallest absolute Gasteiger partial charge is 0.0467 e. The second-order valence-electron chi connectivity index (χ2n) is 5.72. The molecule has 1 aliphatic rings. The van der Waals surface area contributed by atoms with E-state index in [1.54, 1.807) is 0 Å². The average Bonchev–Trinajstić information content (AvgIpc) is 2.34.